The highest BCUT2D eigenvalue weighted by molar-refractivity contribution is 7.12. The van der Waals surface area contributed by atoms with Gasteiger partial charge in [-0.1, -0.05) is 6.92 Å². The van der Waals surface area contributed by atoms with E-state index in [4.69, 9.17) is 0 Å². The number of rotatable bonds is 5. The molecule has 0 radical (unpaired) electrons. The zero-order valence-corrected chi connectivity index (χ0v) is 10.8. The lowest BCUT2D eigenvalue weighted by molar-refractivity contribution is 0.451. The van der Waals surface area contributed by atoms with Crippen LogP contribution in [-0.2, 0) is 6.54 Å². The molecule has 1 atom stereocenters. The highest BCUT2D eigenvalue weighted by atomic mass is 32.1. The molecule has 1 aromatic rings. The Morgan fingerprint density at radius 2 is 2.20 bits per heavy atom. The zero-order valence-electron chi connectivity index (χ0n) is 9.97. The lowest BCUT2D eigenvalue weighted by Gasteiger charge is -2.15. The van der Waals surface area contributed by atoms with Gasteiger partial charge in [0.05, 0.1) is 0 Å². The predicted octanol–water partition coefficient (Wildman–Crippen LogP) is 3.64. The number of aryl methyl sites for hydroxylation is 2. The van der Waals surface area contributed by atoms with Crippen molar-refractivity contribution in [2.24, 2.45) is 5.92 Å². The quantitative estimate of drug-likeness (QED) is 0.803. The molecule has 1 N–H and O–H groups in total. The average Bonchev–Trinajstić information content (AvgIpc) is 2.97. The van der Waals surface area contributed by atoms with Crippen LogP contribution in [0.2, 0.25) is 0 Å². The van der Waals surface area contributed by atoms with E-state index in [2.05, 4.69) is 32.2 Å². The number of hydrogen-bond acceptors (Lipinski definition) is 2. The van der Waals surface area contributed by atoms with E-state index in [0.29, 0.717) is 0 Å². The van der Waals surface area contributed by atoms with Crippen LogP contribution in [0, 0.1) is 19.8 Å². The van der Waals surface area contributed by atoms with Crippen molar-refractivity contribution >= 4 is 11.3 Å². The molecule has 1 fully saturated rings. The molecule has 1 aromatic heterocycles. The summed E-state index contributed by atoms with van der Waals surface area (Å²) < 4.78 is 0. The summed E-state index contributed by atoms with van der Waals surface area (Å²) in [6, 6.07) is 3.08. The van der Waals surface area contributed by atoms with Gasteiger partial charge < -0.3 is 5.32 Å². The van der Waals surface area contributed by atoms with Gasteiger partial charge in [0.15, 0.2) is 0 Å². The van der Waals surface area contributed by atoms with Crippen LogP contribution in [0.25, 0.3) is 0 Å². The van der Waals surface area contributed by atoms with E-state index < -0.39 is 0 Å². The molecule has 1 saturated carbocycles. The second-order valence-corrected chi connectivity index (χ2v) is 6.03. The molecule has 0 bridgehead atoms. The minimum Gasteiger partial charge on any atom is -0.309 e. The fraction of sp³-hybridized carbons (Fsp3) is 0.692. The lowest BCUT2D eigenvalue weighted by atomic mass is 10.1. The predicted molar refractivity (Wildman–Crippen MR) is 67.4 cm³/mol. The highest BCUT2D eigenvalue weighted by Gasteiger charge is 2.29. The van der Waals surface area contributed by atoms with Gasteiger partial charge in [0.25, 0.3) is 0 Å². The monoisotopic (exact) mass is 223 g/mol. The van der Waals surface area contributed by atoms with E-state index in [1.165, 1.54) is 34.6 Å². The third kappa shape index (κ3) is 2.82. The minimum atomic E-state index is 0.757. The van der Waals surface area contributed by atoms with Crippen LogP contribution in [0.5, 0.6) is 0 Å². The maximum atomic E-state index is 3.70. The maximum absolute atomic E-state index is 3.70. The molecule has 0 aromatic carbocycles. The smallest absolute Gasteiger partial charge is 0.0302 e. The van der Waals surface area contributed by atoms with Crippen molar-refractivity contribution < 1.29 is 0 Å². The van der Waals surface area contributed by atoms with Crippen molar-refractivity contribution in [3.05, 3.63) is 21.4 Å². The SMILES string of the molecule is CCC(NCc1cc(C)c(C)s1)C1CC1. The summed E-state index contributed by atoms with van der Waals surface area (Å²) in [4.78, 5) is 2.95. The molecule has 1 unspecified atom stereocenters. The second kappa shape index (κ2) is 4.67. The van der Waals surface area contributed by atoms with Crippen molar-refractivity contribution in [1.29, 1.82) is 0 Å². The first-order valence-corrected chi connectivity index (χ1v) is 6.81. The molecular weight excluding hydrogens is 202 g/mol. The van der Waals surface area contributed by atoms with Crippen molar-refractivity contribution in [1.82, 2.24) is 5.32 Å². The van der Waals surface area contributed by atoms with Crippen LogP contribution in [0.4, 0.5) is 0 Å². The molecule has 0 amide bonds. The zero-order chi connectivity index (χ0) is 10.8. The molecule has 0 aliphatic heterocycles. The summed E-state index contributed by atoms with van der Waals surface area (Å²) in [6.45, 7) is 7.77. The molecule has 15 heavy (non-hydrogen) atoms. The van der Waals surface area contributed by atoms with E-state index >= 15 is 0 Å². The van der Waals surface area contributed by atoms with Crippen molar-refractivity contribution in [2.75, 3.05) is 0 Å². The third-order valence-corrected chi connectivity index (χ3v) is 4.54. The number of hydrogen-bond donors (Lipinski definition) is 1. The number of thiophene rings is 1. The molecular formula is C13H21NS. The molecule has 2 rings (SSSR count). The van der Waals surface area contributed by atoms with Crippen molar-refractivity contribution in [3.8, 4) is 0 Å². The fourth-order valence-electron chi connectivity index (χ4n) is 2.11. The van der Waals surface area contributed by atoms with Crippen LogP contribution in [-0.4, -0.2) is 6.04 Å². The molecule has 2 heteroatoms. The Balaban J connectivity index is 1.86. The van der Waals surface area contributed by atoms with E-state index in [9.17, 15) is 0 Å². The summed E-state index contributed by atoms with van der Waals surface area (Å²) in [5, 5.41) is 3.70. The van der Waals surface area contributed by atoms with Crippen LogP contribution in [0.1, 0.15) is 41.5 Å². The van der Waals surface area contributed by atoms with Crippen LogP contribution < -0.4 is 5.32 Å². The van der Waals surface area contributed by atoms with Gasteiger partial charge in [-0.05, 0) is 50.7 Å². The van der Waals surface area contributed by atoms with Crippen molar-refractivity contribution in [2.45, 2.75) is 52.6 Å². The van der Waals surface area contributed by atoms with E-state index in [-0.39, 0.29) is 0 Å². The Labute approximate surface area is 96.9 Å². The van der Waals surface area contributed by atoms with E-state index in [1.807, 2.05) is 11.3 Å². The first-order chi connectivity index (χ1) is 7.20. The Morgan fingerprint density at radius 3 is 2.67 bits per heavy atom. The first kappa shape index (κ1) is 11.2. The molecule has 1 aliphatic rings. The van der Waals surface area contributed by atoms with Gasteiger partial charge in [0, 0.05) is 22.3 Å². The first-order valence-electron chi connectivity index (χ1n) is 6.00. The Bertz CT molecular complexity index is 306. The highest BCUT2D eigenvalue weighted by Crippen LogP contribution is 2.34. The lowest BCUT2D eigenvalue weighted by Crippen LogP contribution is -2.29. The van der Waals surface area contributed by atoms with Gasteiger partial charge in [-0.25, -0.2) is 0 Å². The van der Waals surface area contributed by atoms with Crippen LogP contribution in [0.15, 0.2) is 6.07 Å². The van der Waals surface area contributed by atoms with Gasteiger partial charge >= 0.3 is 0 Å². The largest absolute Gasteiger partial charge is 0.309 e. The summed E-state index contributed by atoms with van der Waals surface area (Å²) in [5.41, 5.74) is 1.44. The standard InChI is InChI=1S/C13H21NS/c1-4-13(11-5-6-11)14-8-12-7-9(2)10(3)15-12/h7,11,13-14H,4-6,8H2,1-3H3. The summed E-state index contributed by atoms with van der Waals surface area (Å²) in [5.74, 6) is 0.970. The molecule has 0 spiro atoms. The maximum Gasteiger partial charge on any atom is 0.0302 e. The van der Waals surface area contributed by atoms with Crippen LogP contribution >= 0.6 is 11.3 Å². The van der Waals surface area contributed by atoms with Gasteiger partial charge in [0.1, 0.15) is 0 Å². The topological polar surface area (TPSA) is 12.0 Å². The normalized spacial score (nSPS) is 18.1. The summed E-state index contributed by atoms with van der Waals surface area (Å²) >= 11 is 1.94. The number of nitrogens with one attached hydrogen (secondary N) is 1. The van der Waals surface area contributed by atoms with Crippen LogP contribution in [0.3, 0.4) is 0 Å². The summed E-state index contributed by atoms with van der Waals surface area (Å²) in [6.07, 6.45) is 4.15. The average molecular weight is 223 g/mol. The van der Waals surface area contributed by atoms with E-state index in [0.717, 1.165) is 18.5 Å². The minimum absolute atomic E-state index is 0.757. The molecule has 1 heterocycles. The Morgan fingerprint density at radius 1 is 1.47 bits per heavy atom. The van der Waals surface area contributed by atoms with Gasteiger partial charge in [-0.2, -0.15) is 0 Å². The summed E-state index contributed by atoms with van der Waals surface area (Å²) in [7, 11) is 0. The molecule has 84 valence electrons. The molecule has 1 nitrogen and oxygen atoms in total. The van der Waals surface area contributed by atoms with Crippen molar-refractivity contribution in [3.63, 3.8) is 0 Å². The van der Waals surface area contributed by atoms with Gasteiger partial charge in [-0.3, -0.25) is 0 Å². The van der Waals surface area contributed by atoms with E-state index in [1.54, 1.807) is 0 Å². The fourth-order valence-corrected chi connectivity index (χ4v) is 3.12. The Kier molecular flexibility index (Phi) is 3.47. The Hall–Kier alpha value is -0.340. The molecule has 1 aliphatic carbocycles. The van der Waals surface area contributed by atoms with Gasteiger partial charge in [-0.15, -0.1) is 11.3 Å². The van der Waals surface area contributed by atoms with Gasteiger partial charge in [0.2, 0.25) is 0 Å². The third-order valence-electron chi connectivity index (χ3n) is 3.39. The second-order valence-electron chi connectivity index (χ2n) is 4.68. The molecule has 0 saturated heterocycles.